The number of halogens is 3. The minimum atomic E-state index is -1.44. The Labute approximate surface area is 102 Å². The average molecular weight is 255 g/mol. The molecular formula is C12H12F3N3. The SMILES string of the molecule is Cn1ccc(CNCc2cc(F)c(F)c(F)c2)n1. The third-order valence-corrected chi connectivity index (χ3v) is 2.45. The van der Waals surface area contributed by atoms with Crippen LogP contribution in [0.1, 0.15) is 11.3 Å². The van der Waals surface area contributed by atoms with Crippen molar-refractivity contribution in [3.63, 3.8) is 0 Å². The fraction of sp³-hybridized carbons (Fsp3) is 0.250. The normalized spacial score (nSPS) is 10.9. The second-order valence-electron chi connectivity index (χ2n) is 3.96. The molecule has 0 radical (unpaired) electrons. The van der Waals surface area contributed by atoms with E-state index in [9.17, 15) is 13.2 Å². The van der Waals surface area contributed by atoms with Gasteiger partial charge in [0.25, 0.3) is 0 Å². The molecule has 0 spiro atoms. The molecule has 96 valence electrons. The van der Waals surface area contributed by atoms with Crippen LogP contribution in [0, 0.1) is 17.5 Å². The zero-order valence-electron chi connectivity index (χ0n) is 9.75. The number of hydrogen-bond donors (Lipinski definition) is 1. The standard InChI is InChI=1S/C12H12F3N3/c1-18-3-2-9(17-18)7-16-6-8-4-10(13)12(15)11(14)5-8/h2-5,16H,6-7H2,1H3. The largest absolute Gasteiger partial charge is 0.307 e. The van der Waals surface area contributed by atoms with Gasteiger partial charge in [-0.15, -0.1) is 0 Å². The van der Waals surface area contributed by atoms with Crippen LogP contribution in [0.25, 0.3) is 0 Å². The summed E-state index contributed by atoms with van der Waals surface area (Å²) in [6, 6.07) is 3.78. The van der Waals surface area contributed by atoms with Crippen LogP contribution in [0.15, 0.2) is 24.4 Å². The number of hydrogen-bond acceptors (Lipinski definition) is 2. The zero-order chi connectivity index (χ0) is 13.1. The summed E-state index contributed by atoms with van der Waals surface area (Å²) >= 11 is 0. The van der Waals surface area contributed by atoms with Crippen molar-refractivity contribution in [3.8, 4) is 0 Å². The van der Waals surface area contributed by atoms with Gasteiger partial charge >= 0.3 is 0 Å². The summed E-state index contributed by atoms with van der Waals surface area (Å²) in [7, 11) is 1.80. The lowest BCUT2D eigenvalue weighted by Gasteiger charge is -2.04. The molecule has 1 heterocycles. The number of aromatic nitrogens is 2. The number of aryl methyl sites for hydroxylation is 1. The van der Waals surface area contributed by atoms with Gasteiger partial charge in [0.1, 0.15) is 0 Å². The first-order valence-corrected chi connectivity index (χ1v) is 5.39. The van der Waals surface area contributed by atoms with Gasteiger partial charge in [-0.05, 0) is 23.8 Å². The topological polar surface area (TPSA) is 29.9 Å². The smallest absolute Gasteiger partial charge is 0.194 e. The van der Waals surface area contributed by atoms with E-state index in [0.717, 1.165) is 17.8 Å². The van der Waals surface area contributed by atoms with Gasteiger partial charge in [-0.3, -0.25) is 4.68 Å². The molecule has 2 rings (SSSR count). The van der Waals surface area contributed by atoms with Crippen LogP contribution < -0.4 is 5.32 Å². The van der Waals surface area contributed by atoms with Crippen LogP contribution >= 0.6 is 0 Å². The maximum absolute atomic E-state index is 12.9. The molecule has 0 aliphatic carbocycles. The molecule has 0 saturated heterocycles. The maximum atomic E-state index is 12.9. The average Bonchev–Trinajstić information content (AvgIpc) is 2.72. The molecule has 0 aliphatic heterocycles. The predicted octanol–water partition coefficient (Wildman–Crippen LogP) is 2.13. The van der Waals surface area contributed by atoms with Gasteiger partial charge in [-0.1, -0.05) is 0 Å². The highest BCUT2D eigenvalue weighted by Crippen LogP contribution is 2.13. The van der Waals surface area contributed by atoms with Crippen LogP contribution in [0.5, 0.6) is 0 Å². The summed E-state index contributed by atoms with van der Waals surface area (Å²) in [6.45, 7) is 0.714. The van der Waals surface area contributed by atoms with Crippen LogP contribution in [-0.2, 0) is 20.1 Å². The van der Waals surface area contributed by atoms with Gasteiger partial charge < -0.3 is 5.32 Å². The molecule has 1 aromatic heterocycles. The Hall–Kier alpha value is -1.82. The van der Waals surface area contributed by atoms with E-state index in [1.165, 1.54) is 0 Å². The van der Waals surface area contributed by atoms with E-state index in [0.29, 0.717) is 12.1 Å². The van der Waals surface area contributed by atoms with E-state index in [4.69, 9.17) is 0 Å². The number of benzene rings is 1. The van der Waals surface area contributed by atoms with Crippen LogP contribution in [0.4, 0.5) is 13.2 Å². The molecule has 0 unspecified atom stereocenters. The third kappa shape index (κ3) is 2.89. The van der Waals surface area contributed by atoms with E-state index >= 15 is 0 Å². The molecule has 0 aliphatic rings. The van der Waals surface area contributed by atoms with E-state index < -0.39 is 17.5 Å². The van der Waals surface area contributed by atoms with Crippen molar-refractivity contribution < 1.29 is 13.2 Å². The third-order valence-electron chi connectivity index (χ3n) is 2.45. The highest BCUT2D eigenvalue weighted by atomic mass is 19.2. The lowest BCUT2D eigenvalue weighted by Crippen LogP contribution is -2.14. The highest BCUT2D eigenvalue weighted by Gasteiger charge is 2.10. The molecule has 2 aromatic rings. The maximum Gasteiger partial charge on any atom is 0.194 e. The highest BCUT2D eigenvalue weighted by molar-refractivity contribution is 5.19. The lowest BCUT2D eigenvalue weighted by molar-refractivity contribution is 0.444. The van der Waals surface area contributed by atoms with E-state index in [-0.39, 0.29) is 6.54 Å². The van der Waals surface area contributed by atoms with Gasteiger partial charge in [0, 0.05) is 26.3 Å². The Bertz CT molecular complexity index is 528. The van der Waals surface area contributed by atoms with Gasteiger partial charge in [0.05, 0.1) is 5.69 Å². The molecule has 18 heavy (non-hydrogen) atoms. The fourth-order valence-electron chi connectivity index (χ4n) is 1.60. The van der Waals surface area contributed by atoms with Gasteiger partial charge in [-0.2, -0.15) is 5.10 Å². The zero-order valence-corrected chi connectivity index (χ0v) is 9.75. The number of nitrogens with zero attached hydrogens (tertiary/aromatic N) is 2. The van der Waals surface area contributed by atoms with Crippen LogP contribution in [0.2, 0.25) is 0 Å². The van der Waals surface area contributed by atoms with Crippen molar-refractivity contribution in [1.29, 1.82) is 0 Å². The first-order chi connectivity index (χ1) is 8.56. The van der Waals surface area contributed by atoms with E-state index in [1.807, 2.05) is 6.07 Å². The first kappa shape index (κ1) is 12.6. The Morgan fingerprint density at radius 1 is 1.17 bits per heavy atom. The van der Waals surface area contributed by atoms with Crippen molar-refractivity contribution >= 4 is 0 Å². The molecule has 1 N–H and O–H groups in total. The lowest BCUT2D eigenvalue weighted by atomic mass is 10.2. The van der Waals surface area contributed by atoms with E-state index in [2.05, 4.69) is 10.4 Å². The molecule has 3 nitrogen and oxygen atoms in total. The monoisotopic (exact) mass is 255 g/mol. The summed E-state index contributed by atoms with van der Waals surface area (Å²) in [5.41, 5.74) is 1.17. The Morgan fingerprint density at radius 3 is 2.39 bits per heavy atom. The molecule has 0 fully saturated rings. The number of nitrogens with one attached hydrogen (secondary N) is 1. The summed E-state index contributed by atoms with van der Waals surface area (Å²) in [5, 5.41) is 7.11. The van der Waals surface area contributed by atoms with Crippen molar-refractivity contribution in [3.05, 3.63) is 53.1 Å². The van der Waals surface area contributed by atoms with Crippen molar-refractivity contribution in [2.45, 2.75) is 13.1 Å². The molecule has 1 aromatic carbocycles. The first-order valence-electron chi connectivity index (χ1n) is 5.39. The summed E-state index contributed by atoms with van der Waals surface area (Å²) in [5.74, 6) is -3.79. The minimum Gasteiger partial charge on any atom is -0.307 e. The van der Waals surface area contributed by atoms with Gasteiger partial charge in [0.2, 0.25) is 0 Å². The number of rotatable bonds is 4. The summed E-state index contributed by atoms with van der Waals surface area (Å²) in [6.07, 6.45) is 1.80. The summed E-state index contributed by atoms with van der Waals surface area (Å²) < 4.78 is 40.2. The van der Waals surface area contributed by atoms with Crippen molar-refractivity contribution in [2.24, 2.45) is 7.05 Å². The second kappa shape index (κ2) is 5.22. The van der Waals surface area contributed by atoms with Crippen molar-refractivity contribution in [2.75, 3.05) is 0 Å². The van der Waals surface area contributed by atoms with Crippen LogP contribution in [0.3, 0.4) is 0 Å². The molecule has 0 atom stereocenters. The molecule has 0 saturated carbocycles. The predicted molar refractivity (Wildman–Crippen MR) is 60.1 cm³/mol. The van der Waals surface area contributed by atoms with E-state index in [1.54, 1.807) is 17.9 Å². The molecular weight excluding hydrogens is 243 g/mol. The second-order valence-corrected chi connectivity index (χ2v) is 3.96. The fourth-order valence-corrected chi connectivity index (χ4v) is 1.60. The minimum absolute atomic E-state index is 0.241. The quantitative estimate of drug-likeness (QED) is 0.848. The molecule has 6 heteroatoms. The molecule has 0 amide bonds. The van der Waals surface area contributed by atoms with Crippen molar-refractivity contribution in [1.82, 2.24) is 15.1 Å². The van der Waals surface area contributed by atoms with Gasteiger partial charge in [0.15, 0.2) is 17.5 Å². The molecule has 0 bridgehead atoms. The Morgan fingerprint density at radius 2 is 1.83 bits per heavy atom. The Balaban J connectivity index is 1.94. The summed E-state index contributed by atoms with van der Waals surface area (Å²) in [4.78, 5) is 0. The van der Waals surface area contributed by atoms with Gasteiger partial charge in [-0.25, -0.2) is 13.2 Å². The van der Waals surface area contributed by atoms with Crippen LogP contribution in [-0.4, -0.2) is 9.78 Å². The Kier molecular flexibility index (Phi) is 3.66.